The number of imide groups is 1. The summed E-state index contributed by atoms with van der Waals surface area (Å²) in [6.07, 6.45) is 1.72. The molecule has 1 aliphatic rings. The van der Waals surface area contributed by atoms with E-state index in [4.69, 9.17) is 16.3 Å². The number of hydrogen-bond donors (Lipinski definition) is 0. The molecule has 1 aliphatic heterocycles. The fraction of sp³-hybridized carbons (Fsp3) is 0.185. The summed E-state index contributed by atoms with van der Waals surface area (Å²) < 4.78 is 6.19. The molecule has 7 heteroatoms. The molecule has 3 aromatic carbocycles. The van der Waals surface area contributed by atoms with Gasteiger partial charge in [-0.15, -0.1) is 0 Å². The predicted molar refractivity (Wildman–Crippen MR) is 141 cm³/mol. The number of amides is 2. The average molecular weight is 493 g/mol. The van der Waals surface area contributed by atoms with E-state index in [0.717, 1.165) is 46.6 Å². The maximum atomic E-state index is 13.1. The van der Waals surface area contributed by atoms with Crippen molar-refractivity contribution in [2.24, 2.45) is 0 Å². The van der Waals surface area contributed by atoms with Crippen molar-refractivity contribution in [3.63, 3.8) is 0 Å². The van der Waals surface area contributed by atoms with E-state index < -0.39 is 0 Å². The van der Waals surface area contributed by atoms with Gasteiger partial charge in [-0.05, 0) is 67.6 Å². The molecule has 0 aromatic heterocycles. The van der Waals surface area contributed by atoms with Crippen LogP contribution in [-0.4, -0.2) is 24.2 Å². The van der Waals surface area contributed by atoms with Crippen LogP contribution >= 0.6 is 23.4 Å². The molecular formula is C27H25ClN2O3S. The molecule has 0 spiro atoms. The molecule has 34 heavy (non-hydrogen) atoms. The Kier molecular flexibility index (Phi) is 7.60. The lowest BCUT2D eigenvalue weighted by molar-refractivity contribution is -0.113. The second-order valence-corrected chi connectivity index (χ2v) is 9.10. The fourth-order valence-corrected chi connectivity index (χ4v) is 4.75. The first-order valence-electron chi connectivity index (χ1n) is 11.1. The van der Waals surface area contributed by atoms with Crippen LogP contribution < -0.4 is 14.5 Å². The van der Waals surface area contributed by atoms with Gasteiger partial charge in [-0.2, -0.15) is 0 Å². The third kappa shape index (κ3) is 5.29. The molecule has 0 bridgehead atoms. The molecule has 2 amide bonds. The normalized spacial score (nSPS) is 14.7. The molecule has 0 unspecified atom stereocenters. The molecule has 1 saturated heterocycles. The van der Waals surface area contributed by atoms with Crippen LogP contribution in [0.1, 0.15) is 25.0 Å². The van der Waals surface area contributed by atoms with Crippen LogP contribution in [0.25, 0.3) is 6.08 Å². The molecule has 0 saturated carbocycles. The zero-order chi connectivity index (χ0) is 24.1. The SMILES string of the molecule is CCN(CC)c1ccc(/C=C2\SC(=O)N(c3cccc(Cl)c3)C2=O)c(OCc2ccccc2)c1. The van der Waals surface area contributed by atoms with Crippen molar-refractivity contribution in [2.45, 2.75) is 20.5 Å². The van der Waals surface area contributed by atoms with Crippen LogP contribution in [0, 0.1) is 0 Å². The Morgan fingerprint density at radius 3 is 2.44 bits per heavy atom. The zero-order valence-electron chi connectivity index (χ0n) is 19.0. The fourth-order valence-electron chi connectivity index (χ4n) is 3.73. The maximum absolute atomic E-state index is 13.1. The topological polar surface area (TPSA) is 49.9 Å². The van der Waals surface area contributed by atoms with E-state index in [2.05, 4.69) is 18.7 Å². The Bertz CT molecular complexity index is 1230. The first-order chi connectivity index (χ1) is 16.5. The monoisotopic (exact) mass is 492 g/mol. The lowest BCUT2D eigenvalue weighted by Gasteiger charge is -2.22. The van der Waals surface area contributed by atoms with Crippen LogP contribution in [-0.2, 0) is 11.4 Å². The van der Waals surface area contributed by atoms with Crippen molar-refractivity contribution in [1.29, 1.82) is 0 Å². The van der Waals surface area contributed by atoms with Gasteiger partial charge in [-0.3, -0.25) is 9.59 Å². The van der Waals surface area contributed by atoms with E-state index >= 15 is 0 Å². The molecule has 3 aromatic rings. The van der Waals surface area contributed by atoms with E-state index in [0.29, 0.717) is 28.0 Å². The smallest absolute Gasteiger partial charge is 0.298 e. The van der Waals surface area contributed by atoms with E-state index in [9.17, 15) is 9.59 Å². The van der Waals surface area contributed by atoms with Gasteiger partial charge in [-0.25, -0.2) is 4.90 Å². The standard InChI is InChI=1S/C27H25ClN2O3S/c1-3-29(4-2)22-14-13-20(24(17-22)33-18-19-9-6-5-7-10-19)15-25-26(31)30(27(32)34-25)23-12-8-11-21(28)16-23/h5-17H,3-4,18H2,1-2H3/b25-15-. The molecule has 0 radical (unpaired) electrons. The average Bonchev–Trinajstić information content (AvgIpc) is 3.12. The minimum absolute atomic E-state index is 0.338. The van der Waals surface area contributed by atoms with Gasteiger partial charge in [-0.1, -0.05) is 48.0 Å². The van der Waals surface area contributed by atoms with Crippen molar-refractivity contribution in [3.05, 3.63) is 93.9 Å². The highest BCUT2D eigenvalue weighted by Gasteiger charge is 2.36. The van der Waals surface area contributed by atoms with Gasteiger partial charge < -0.3 is 9.64 Å². The van der Waals surface area contributed by atoms with Gasteiger partial charge in [0.2, 0.25) is 0 Å². The molecule has 0 aliphatic carbocycles. The molecule has 5 nitrogen and oxygen atoms in total. The summed E-state index contributed by atoms with van der Waals surface area (Å²) >= 11 is 6.97. The van der Waals surface area contributed by atoms with E-state index in [1.54, 1.807) is 30.3 Å². The summed E-state index contributed by atoms with van der Waals surface area (Å²) in [6, 6.07) is 22.6. The first kappa shape index (κ1) is 23.9. The molecular weight excluding hydrogens is 468 g/mol. The molecule has 1 heterocycles. The number of halogens is 1. The van der Waals surface area contributed by atoms with Gasteiger partial charge in [0.15, 0.2) is 0 Å². The van der Waals surface area contributed by atoms with Crippen LogP contribution in [0.4, 0.5) is 16.2 Å². The van der Waals surface area contributed by atoms with Crippen molar-refractivity contribution >= 4 is 52.0 Å². The Morgan fingerprint density at radius 2 is 1.74 bits per heavy atom. The van der Waals surface area contributed by atoms with E-state index in [-0.39, 0.29) is 11.1 Å². The number of ether oxygens (including phenoxy) is 1. The second-order valence-electron chi connectivity index (χ2n) is 7.67. The summed E-state index contributed by atoms with van der Waals surface area (Å²) in [6.45, 7) is 6.34. The number of benzene rings is 3. The highest BCUT2D eigenvalue weighted by atomic mass is 35.5. The number of hydrogen-bond acceptors (Lipinski definition) is 5. The quantitative estimate of drug-likeness (QED) is 0.317. The number of carbonyl (C=O) groups is 2. The van der Waals surface area contributed by atoms with Gasteiger partial charge >= 0.3 is 0 Å². The van der Waals surface area contributed by atoms with Crippen LogP contribution in [0.15, 0.2) is 77.7 Å². The lowest BCUT2D eigenvalue weighted by Crippen LogP contribution is -2.27. The predicted octanol–water partition coefficient (Wildman–Crippen LogP) is 7.01. The summed E-state index contributed by atoms with van der Waals surface area (Å²) in [5, 5.41) is 0.106. The van der Waals surface area contributed by atoms with Gasteiger partial charge in [0.1, 0.15) is 12.4 Å². The van der Waals surface area contributed by atoms with E-state index in [1.165, 1.54) is 0 Å². The highest BCUT2D eigenvalue weighted by molar-refractivity contribution is 8.19. The third-order valence-corrected chi connectivity index (χ3v) is 6.61. The summed E-state index contributed by atoms with van der Waals surface area (Å²) in [7, 11) is 0. The number of anilines is 2. The number of thioether (sulfide) groups is 1. The molecule has 174 valence electrons. The largest absolute Gasteiger partial charge is 0.488 e. The molecule has 0 N–H and O–H groups in total. The Labute approximate surface area is 209 Å². The van der Waals surface area contributed by atoms with Crippen LogP contribution in [0.3, 0.4) is 0 Å². The number of rotatable bonds is 8. The Balaban J connectivity index is 1.66. The number of carbonyl (C=O) groups excluding carboxylic acids is 2. The summed E-state index contributed by atoms with van der Waals surface area (Å²) in [4.78, 5) is 29.5. The minimum atomic E-state index is -0.376. The Morgan fingerprint density at radius 1 is 0.971 bits per heavy atom. The highest BCUT2D eigenvalue weighted by Crippen LogP contribution is 2.38. The summed E-state index contributed by atoms with van der Waals surface area (Å²) in [5.74, 6) is 0.280. The third-order valence-electron chi connectivity index (χ3n) is 5.51. The number of nitrogens with zero attached hydrogens (tertiary/aromatic N) is 2. The summed E-state index contributed by atoms with van der Waals surface area (Å²) in [5.41, 5.74) is 3.28. The van der Waals surface area contributed by atoms with Gasteiger partial charge in [0.05, 0.1) is 10.6 Å². The van der Waals surface area contributed by atoms with E-state index in [1.807, 2.05) is 48.5 Å². The first-order valence-corrected chi connectivity index (χ1v) is 12.3. The Hall–Kier alpha value is -3.22. The minimum Gasteiger partial charge on any atom is -0.488 e. The lowest BCUT2D eigenvalue weighted by atomic mass is 10.1. The van der Waals surface area contributed by atoms with Crippen molar-refractivity contribution in [3.8, 4) is 5.75 Å². The maximum Gasteiger partial charge on any atom is 0.298 e. The molecule has 0 atom stereocenters. The van der Waals surface area contributed by atoms with Gasteiger partial charge in [0, 0.05) is 35.4 Å². The van der Waals surface area contributed by atoms with Gasteiger partial charge in [0.25, 0.3) is 11.1 Å². The van der Waals surface area contributed by atoms with Crippen molar-refractivity contribution < 1.29 is 14.3 Å². The zero-order valence-corrected chi connectivity index (χ0v) is 20.6. The van der Waals surface area contributed by atoms with Crippen molar-refractivity contribution in [2.75, 3.05) is 22.9 Å². The van der Waals surface area contributed by atoms with Crippen LogP contribution in [0.5, 0.6) is 5.75 Å². The molecule has 1 fully saturated rings. The second kappa shape index (κ2) is 10.8. The van der Waals surface area contributed by atoms with Crippen LogP contribution in [0.2, 0.25) is 5.02 Å². The molecule has 4 rings (SSSR count). The van der Waals surface area contributed by atoms with Crippen molar-refractivity contribution in [1.82, 2.24) is 0 Å².